The van der Waals surface area contributed by atoms with Gasteiger partial charge in [-0.25, -0.2) is 4.57 Å². The summed E-state index contributed by atoms with van der Waals surface area (Å²) in [4.78, 5) is 48.6. The summed E-state index contributed by atoms with van der Waals surface area (Å²) in [6.45, 7) is 4.52. The number of rotatable bonds is 56. The number of carbonyl (C=O) groups is 3. The summed E-state index contributed by atoms with van der Waals surface area (Å²) in [5.74, 6) is -1.48. The van der Waals surface area contributed by atoms with E-state index in [0.717, 1.165) is 103 Å². The molecule has 0 aromatic carbocycles. The highest BCUT2D eigenvalue weighted by atomic mass is 31.2. The van der Waals surface area contributed by atoms with Gasteiger partial charge < -0.3 is 24.2 Å². The maximum atomic E-state index is 12.9. The summed E-state index contributed by atoms with van der Waals surface area (Å²) in [5, 5.41) is 9.82. The molecule has 430 valence electrons. The minimum Gasteiger partial charge on any atom is -0.462 e. The molecular formula is C62H111O11P. The second-order valence-electron chi connectivity index (χ2n) is 20.1. The molecule has 0 aliphatic heterocycles. The van der Waals surface area contributed by atoms with Gasteiger partial charge in [0.25, 0.3) is 0 Å². The zero-order valence-electron chi connectivity index (χ0n) is 47.6. The van der Waals surface area contributed by atoms with Gasteiger partial charge in [-0.1, -0.05) is 236 Å². The number of esters is 3. The lowest BCUT2D eigenvalue weighted by molar-refractivity contribution is -0.161. The van der Waals surface area contributed by atoms with Crippen LogP contribution in [0.25, 0.3) is 0 Å². The van der Waals surface area contributed by atoms with Crippen molar-refractivity contribution in [1.82, 2.24) is 0 Å². The Labute approximate surface area is 453 Å². The average Bonchev–Trinajstić information content (AvgIpc) is 3.39. The first-order valence-electron chi connectivity index (χ1n) is 30.2. The number of phosphoric acid groups is 1. The minimum atomic E-state index is -4.75. The molecule has 3 unspecified atom stereocenters. The van der Waals surface area contributed by atoms with E-state index in [4.69, 9.17) is 23.3 Å². The standard InChI is InChI=1S/C62H111O11P/c1-4-7-10-13-16-19-22-25-27-28-29-30-32-35-38-41-44-47-50-53-62(66)73-59(55-69-60(64)51-48-45-42-39-36-34-31-26-23-20-17-14-11-8-5-2)57-71-74(67,68)70-56-58(54-63)72-61(65)52-49-46-43-40-37-33-24-21-18-15-12-9-6-3/h8,11,16-17,19-20,25-27,31,58-59,63H,4-7,9-10,12-15,18,21-24,28-30,32-57H2,1-3H3,(H,67,68)/b11-8-,19-16-,20-17-,27-25-,31-26-. The molecule has 0 aromatic rings. The number of hydrogen-bond donors (Lipinski definition) is 2. The summed E-state index contributed by atoms with van der Waals surface area (Å²) < 4.78 is 39.6. The predicted molar refractivity (Wildman–Crippen MR) is 307 cm³/mol. The summed E-state index contributed by atoms with van der Waals surface area (Å²) in [6.07, 6.45) is 61.7. The molecule has 74 heavy (non-hydrogen) atoms. The van der Waals surface area contributed by atoms with E-state index in [0.29, 0.717) is 19.3 Å². The van der Waals surface area contributed by atoms with Gasteiger partial charge in [-0.05, 0) is 83.5 Å². The maximum absolute atomic E-state index is 12.9. The molecule has 0 amide bonds. The van der Waals surface area contributed by atoms with E-state index in [-0.39, 0.29) is 25.9 Å². The number of ether oxygens (including phenoxy) is 3. The Kier molecular flexibility index (Phi) is 54.2. The molecule has 0 saturated carbocycles. The van der Waals surface area contributed by atoms with Crippen molar-refractivity contribution in [3.63, 3.8) is 0 Å². The summed E-state index contributed by atoms with van der Waals surface area (Å²) in [6, 6.07) is 0. The van der Waals surface area contributed by atoms with E-state index in [1.54, 1.807) is 0 Å². The second-order valence-corrected chi connectivity index (χ2v) is 21.6. The van der Waals surface area contributed by atoms with Gasteiger partial charge in [0.05, 0.1) is 19.8 Å². The van der Waals surface area contributed by atoms with Gasteiger partial charge in [-0.2, -0.15) is 0 Å². The van der Waals surface area contributed by atoms with Gasteiger partial charge in [-0.3, -0.25) is 23.4 Å². The normalized spacial score (nSPS) is 13.7. The molecule has 0 rings (SSSR count). The number of hydrogen-bond acceptors (Lipinski definition) is 10. The van der Waals surface area contributed by atoms with Crippen LogP contribution in [0, 0.1) is 0 Å². The highest BCUT2D eigenvalue weighted by molar-refractivity contribution is 7.47. The van der Waals surface area contributed by atoms with Gasteiger partial charge >= 0.3 is 25.7 Å². The molecule has 3 atom stereocenters. The van der Waals surface area contributed by atoms with Crippen molar-refractivity contribution in [3.8, 4) is 0 Å². The molecular weight excluding hydrogens is 952 g/mol. The Bertz CT molecular complexity index is 1470. The molecule has 0 aliphatic rings. The monoisotopic (exact) mass is 1060 g/mol. The maximum Gasteiger partial charge on any atom is 0.472 e. The van der Waals surface area contributed by atoms with E-state index in [9.17, 15) is 28.9 Å². The first kappa shape index (κ1) is 71.2. The molecule has 0 aromatic heterocycles. The van der Waals surface area contributed by atoms with Crippen LogP contribution >= 0.6 is 7.82 Å². The largest absolute Gasteiger partial charge is 0.472 e. The first-order valence-corrected chi connectivity index (χ1v) is 31.7. The third-order valence-corrected chi connectivity index (χ3v) is 13.9. The van der Waals surface area contributed by atoms with Gasteiger partial charge in [0.2, 0.25) is 0 Å². The van der Waals surface area contributed by atoms with Gasteiger partial charge in [-0.15, -0.1) is 0 Å². The number of aliphatic hydroxyl groups is 1. The molecule has 0 radical (unpaired) electrons. The van der Waals surface area contributed by atoms with Crippen LogP contribution in [0.1, 0.15) is 278 Å². The molecule has 0 fully saturated rings. The Balaban J connectivity index is 4.72. The van der Waals surface area contributed by atoms with Gasteiger partial charge in [0.15, 0.2) is 6.10 Å². The number of phosphoric ester groups is 1. The summed E-state index contributed by atoms with van der Waals surface area (Å²) in [7, 11) is -4.75. The molecule has 0 aliphatic carbocycles. The lowest BCUT2D eigenvalue weighted by Crippen LogP contribution is -2.30. The molecule has 12 heteroatoms. The minimum absolute atomic E-state index is 0.159. The van der Waals surface area contributed by atoms with Crippen molar-refractivity contribution in [2.24, 2.45) is 0 Å². The van der Waals surface area contributed by atoms with Crippen molar-refractivity contribution in [1.29, 1.82) is 0 Å². The van der Waals surface area contributed by atoms with E-state index >= 15 is 0 Å². The van der Waals surface area contributed by atoms with Crippen LogP contribution in [0.15, 0.2) is 60.8 Å². The fraction of sp³-hybridized carbons (Fsp3) is 0.790. The van der Waals surface area contributed by atoms with Crippen LogP contribution in [0.4, 0.5) is 0 Å². The Morgan fingerprint density at radius 2 is 0.703 bits per heavy atom. The Morgan fingerprint density at radius 3 is 1.11 bits per heavy atom. The van der Waals surface area contributed by atoms with E-state index < -0.39 is 57.8 Å². The zero-order valence-corrected chi connectivity index (χ0v) is 48.5. The predicted octanol–water partition coefficient (Wildman–Crippen LogP) is 17.9. The molecule has 0 spiro atoms. The highest BCUT2D eigenvalue weighted by Gasteiger charge is 2.28. The zero-order chi connectivity index (χ0) is 54.1. The smallest absolute Gasteiger partial charge is 0.462 e. The van der Waals surface area contributed by atoms with Gasteiger partial charge in [0, 0.05) is 19.3 Å². The highest BCUT2D eigenvalue weighted by Crippen LogP contribution is 2.43. The van der Waals surface area contributed by atoms with Crippen LogP contribution in [0.5, 0.6) is 0 Å². The quantitative estimate of drug-likeness (QED) is 0.0197. The van der Waals surface area contributed by atoms with E-state index in [1.165, 1.54) is 116 Å². The third kappa shape index (κ3) is 54.0. The van der Waals surface area contributed by atoms with Crippen molar-refractivity contribution in [2.45, 2.75) is 290 Å². The Hall–Kier alpha value is -2.82. The van der Waals surface area contributed by atoms with Crippen molar-refractivity contribution < 1.29 is 52.2 Å². The number of aliphatic hydroxyl groups excluding tert-OH is 1. The lowest BCUT2D eigenvalue weighted by atomic mass is 10.0. The molecule has 0 heterocycles. The van der Waals surface area contributed by atoms with Crippen LogP contribution < -0.4 is 0 Å². The Morgan fingerprint density at radius 1 is 0.392 bits per heavy atom. The average molecular weight is 1060 g/mol. The lowest BCUT2D eigenvalue weighted by Gasteiger charge is -2.21. The second kappa shape index (κ2) is 56.4. The SMILES string of the molecule is CC/C=C\C/C=C\C/C=C\CCCCCCCC(=O)OCC(COP(=O)(O)OCC(CO)OC(=O)CCCCCCCCCCCCCCC)OC(=O)CCCCCCCCCCC/C=C\C/C=C\CCCCC. The fourth-order valence-electron chi connectivity index (χ4n) is 8.34. The topological polar surface area (TPSA) is 155 Å². The van der Waals surface area contributed by atoms with Crippen LogP contribution in [0.2, 0.25) is 0 Å². The van der Waals surface area contributed by atoms with Crippen molar-refractivity contribution in [3.05, 3.63) is 60.8 Å². The van der Waals surface area contributed by atoms with E-state index in [1.807, 2.05) is 0 Å². The van der Waals surface area contributed by atoms with Crippen LogP contribution in [-0.4, -0.2) is 66.5 Å². The molecule has 0 bridgehead atoms. The van der Waals surface area contributed by atoms with Crippen LogP contribution in [-0.2, 0) is 42.2 Å². The number of carbonyl (C=O) groups excluding carboxylic acids is 3. The summed E-state index contributed by atoms with van der Waals surface area (Å²) >= 11 is 0. The van der Waals surface area contributed by atoms with E-state index in [2.05, 4.69) is 81.5 Å². The molecule has 2 N–H and O–H groups in total. The number of unbranched alkanes of at least 4 members (excludes halogenated alkanes) is 29. The third-order valence-electron chi connectivity index (χ3n) is 12.9. The van der Waals surface area contributed by atoms with Crippen molar-refractivity contribution in [2.75, 3.05) is 26.4 Å². The molecule has 11 nitrogen and oxygen atoms in total. The number of allylic oxidation sites excluding steroid dienone is 10. The van der Waals surface area contributed by atoms with Gasteiger partial charge in [0.1, 0.15) is 12.7 Å². The summed E-state index contributed by atoms with van der Waals surface area (Å²) in [5.41, 5.74) is 0. The van der Waals surface area contributed by atoms with Crippen molar-refractivity contribution >= 4 is 25.7 Å². The molecule has 0 saturated heterocycles. The van der Waals surface area contributed by atoms with Crippen LogP contribution in [0.3, 0.4) is 0 Å². The fourth-order valence-corrected chi connectivity index (χ4v) is 9.13. The first-order chi connectivity index (χ1) is 36.2.